The second kappa shape index (κ2) is 7.21. The number of thioether (sulfide) groups is 1. The monoisotopic (exact) mass is 204 g/mol. The average Bonchev–Trinajstić information content (AvgIpc) is 2.13. The molecule has 0 rings (SSSR count). The Bertz CT molecular complexity index is 153. The molecule has 0 saturated carbocycles. The number of nitrogens with two attached hydrogens (primary N) is 1. The molecule has 0 heterocycles. The van der Waals surface area contributed by atoms with Crippen molar-refractivity contribution >= 4 is 17.7 Å². The number of carbonyl (C=O) groups excluding carboxylic acids is 1. The molecule has 78 valence electrons. The number of rotatable bonds is 6. The maximum absolute atomic E-state index is 11.3. The highest BCUT2D eigenvalue weighted by Crippen LogP contribution is 2.02. The van der Waals surface area contributed by atoms with Gasteiger partial charge in [0.1, 0.15) is 0 Å². The minimum atomic E-state index is -0.334. The van der Waals surface area contributed by atoms with E-state index in [1.165, 1.54) is 0 Å². The molecule has 0 aliphatic heterocycles. The molecule has 0 spiro atoms. The lowest BCUT2D eigenvalue weighted by atomic mass is 10.2. The average molecular weight is 204 g/mol. The molecule has 0 radical (unpaired) electrons. The normalized spacial score (nSPS) is 15.1. The van der Waals surface area contributed by atoms with Gasteiger partial charge in [-0.3, -0.25) is 4.79 Å². The summed E-state index contributed by atoms with van der Waals surface area (Å²) in [4.78, 5) is 11.3. The minimum absolute atomic E-state index is 0.0252. The zero-order valence-corrected chi connectivity index (χ0v) is 9.49. The Kier molecular flexibility index (Phi) is 7.09. The molecule has 0 aromatic rings. The van der Waals surface area contributed by atoms with Crippen molar-refractivity contribution in [1.29, 1.82) is 0 Å². The van der Waals surface area contributed by atoms with Crippen LogP contribution < -0.4 is 11.1 Å². The first-order valence-corrected chi connectivity index (χ1v) is 5.96. The number of amides is 1. The quantitative estimate of drug-likeness (QED) is 0.678. The fourth-order valence-corrected chi connectivity index (χ4v) is 1.15. The van der Waals surface area contributed by atoms with E-state index in [0.29, 0.717) is 11.8 Å². The molecule has 0 aromatic heterocycles. The van der Waals surface area contributed by atoms with Crippen molar-refractivity contribution in [2.75, 3.05) is 12.8 Å². The largest absolute Gasteiger partial charge is 0.354 e. The zero-order valence-electron chi connectivity index (χ0n) is 8.67. The highest BCUT2D eigenvalue weighted by Gasteiger charge is 2.12. The highest BCUT2D eigenvalue weighted by atomic mass is 32.2. The van der Waals surface area contributed by atoms with E-state index in [2.05, 4.69) is 12.2 Å². The van der Waals surface area contributed by atoms with E-state index in [-0.39, 0.29) is 11.9 Å². The fraction of sp³-hybridized carbons (Fsp3) is 0.889. The summed E-state index contributed by atoms with van der Waals surface area (Å²) in [5, 5.41) is 3.29. The highest BCUT2D eigenvalue weighted by molar-refractivity contribution is 7.99. The van der Waals surface area contributed by atoms with Crippen molar-refractivity contribution in [3.63, 3.8) is 0 Å². The van der Waals surface area contributed by atoms with Crippen molar-refractivity contribution < 1.29 is 4.79 Å². The topological polar surface area (TPSA) is 55.1 Å². The van der Waals surface area contributed by atoms with Gasteiger partial charge in [-0.05, 0) is 12.7 Å². The second-order valence-electron chi connectivity index (χ2n) is 3.19. The summed E-state index contributed by atoms with van der Waals surface area (Å²) in [6.07, 6.45) is 3.74. The van der Waals surface area contributed by atoms with Gasteiger partial charge in [0.2, 0.25) is 5.91 Å². The molecule has 0 bridgehead atoms. The number of nitrogens with one attached hydrogen (secondary N) is 1. The van der Waals surface area contributed by atoms with Crippen LogP contribution in [-0.2, 0) is 4.79 Å². The van der Waals surface area contributed by atoms with Gasteiger partial charge >= 0.3 is 0 Å². The number of hydrogen-bond donors (Lipinski definition) is 2. The van der Waals surface area contributed by atoms with Crippen LogP contribution in [0, 0.1) is 0 Å². The van der Waals surface area contributed by atoms with Gasteiger partial charge in [-0.2, -0.15) is 11.8 Å². The van der Waals surface area contributed by atoms with Crippen LogP contribution in [0.3, 0.4) is 0 Å². The van der Waals surface area contributed by atoms with Gasteiger partial charge in [-0.1, -0.05) is 20.3 Å². The smallest absolute Gasteiger partial charge is 0.236 e. The molecule has 13 heavy (non-hydrogen) atoms. The molecule has 3 nitrogen and oxygen atoms in total. The summed E-state index contributed by atoms with van der Waals surface area (Å²) in [5.74, 6) is -0.0252. The summed E-state index contributed by atoms with van der Waals surface area (Å²) < 4.78 is 0. The van der Waals surface area contributed by atoms with Crippen LogP contribution in [0.5, 0.6) is 0 Å². The van der Waals surface area contributed by atoms with Crippen LogP contribution >= 0.6 is 11.8 Å². The Hall–Kier alpha value is -0.220. The Morgan fingerprint density at radius 2 is 2.23 bits per heavy atom. The summed E-state index contributed by atoms with van der Waals surface area (Å²) >= 11 is 1.74. The SMILES string of the molecule is CCC[C@H](N)C(=O)NCC(C)SC. The van der Waals surface area contributed by atoms with Crippen LogP contribution in [0.2, 0.25) is 0 Å². The second-order valence-corrected chi connectivity index (χ2v) is 4.46. The Labute approximate surface area is 84.8 Å². The fourth-order valence-electron chi connectivity index (χ4n) is 0.901. The number of hydrogen-bond acceptors (Lipinski definition) is 3. The molecular weight excluding hydrogens is 184 g/mol. The molecule has 3 N–H and O–H groups in total. The molecule has 0 aliphatic carbocycles. The van der Waals surface area contributed by atoms with Gasteiger partial charge in [0.15, 0.2) is 0 Å². The van der Waals surface area contributed by atoms with Gasteiger partial charge in [0.25, 0.3) is 0 Å². The Morgan fingerprint density at radius 1 is 1.62 bits per heavy atom. The molecule has 0 aromatic carbocycles. The molecule has 4 heteroatoms. The number of carbonyl (C=O) groups is 1. The molecule has 1 amide bonds. The van der Waals surface area contributed by atoms with Crippen LogP contribution in [0.1, 0.15) is 26.7 Å². The van der Waals surface area contributed by atoms with Gasteiger partial charge in [-0.25, -0.2) is 0 Å². The summed E-state index contributed by atoms with van der Waals surface area (Å²) in [6.45, 7) is 4.81. The van der Waals surface area contributed by atoms with E-state index in [9.17, 15) is 4.79 Å². The van der Waals surface area contributed by atoms with Crippen molar-refractivity contribution in [3.05, 3.63) is 0 Å². The molecule has 2 atom stereocenters. The maximum Gasteiger partial charge on any atom is 0.236 e. The van der Waals surface area contributed by atoms with E-state index >= 15 is 0 Å². The van der Waals surface area contributed by atoms with Crippen LogP contribution in [0.15, 0.2) is 0 Å². The van der Waals surface area contributed by atoms with Crippen LogP contribution in [-0.4, -0.2) is 30.0 Å². The van der Waals surface area contributed by atoms with Gasteiger partial charge in [0, 0.05) is 11.8 Å². The first-order valence-electron chi connectivity index (χ1n) is 4.67. The van der Waals surface area contributed by atoms with E-state index in [1.807, 2.05) is 13.2 Å². The zero-order chi connectivity index (χ0) is 10.3. The lowest BCUT2D eigenvalue weighted by Gasteiger charge is -2.13. The standard InChI is InChI=1S/C9H20N2OS/c1-4-5-8(10)9(12)11-6-7(2)13-3/h7-8H,4-6,10H2,1-3H3,(H,11,12)/t7?,8-/m0/s1. The summed E-state index contributed by atoms with van der Waals surface area (Å²) in [7, 11) is 0. The van der Waals surface area contributed by atoms with E-state index in [4.69, 9.17) is 5.73 Å². The lowest BCUT2D eigenvalue weighted by molar-refractivity contribution is -0.122. The molecule has 0 aliphatic rings. The van der Waals surface area contributed by atoms with Crippen LogP contribution in [0.25, 0.3) is 0 Å². The van der Waals surface area contributed by atoms with Gasteiger partial charge in [-0.15, -0.1) is 0 Å². The van der Waals surface area contributed by atoms with E-state index < -0.39 is 0 Å². The van der Waals surface area contributed by atoms with Crippen molar-refractivity contribution in [2.45, 2.75) is 38.0 Å². The van der Waals surface area contributed by atoms with Gasteiger partial charge < -0.3 is 11.1 Å². The third kappa shape index (κ3) is 5.93. The third-order valence-electron chi connectivity index (χ3n) is 1.90. The summed E-state index contributed by atoms with van der Waals surface area (Å²) in [6, 6.07) is -0.334. The van der Waals surface area contributed by atoms with Crippen LogP contribution in [0.4, 0.5) is 0 Å². The Morgan fingerprint density at radius 3 is 2.69 bits per heavy atom. The lowest BCUT2D eigenvalue weighted by Crippen LogP contribution is -2.42. The molecule has 0 fully saturated rings. The summed E-state index contributed by atoms with van der Waals surface area (Å²) in [5.41, 5.74) is 5.64. The van der Waals surface area contributed by atoms with Gasteiger partial charge in [0.05, 0.1) is 6.04 Å². The van der Waals surface area contributed by atoms with Crippen molar-refractivity contribution in [1.82, 2.24) is 5.32 Å². The van der Waals surface area contributed by atoms with Crippen molar-refractivity contribution in [3.8, 4) is 0 Å². The van der Waals surface area contributed by atoms with E-state index in [0.717, 1.165) is 12.8 Å². The predicted molar refractivity (Wildman–Crippen MR) is 58.9 cm³/mol. The first kappa shape index (κ1) is 12.8. The third-order valence-corrected chi connectivity index (χ3v) is 2.87. The predicted octanol–water partition coefficient (Wildman–Crippen LogP) is 0.982. The minimum Gasteiger partial charge on any atom is -0.354 e. The first-order chi connectivity index (χ1) is 6.11. The Balaban J connectivity index is 3.61. The van der Waals surface area contributed by atoms with E-state index in [1.54, 1.807) is 11.8 Å². The molecular formula is C9H20N2OS. The molecule has 1 unspecified atom stereocenters. The van der Waals surface area contributed by atoms with Crippen molar-refractivity contribution in [2.24, 2.45) is 5.73 Å². The molecule has 0 saturated heterocycles. The maximum atomic E-state index is 11.3.